The van der Waals surface area contributed by atoms with Crippen LogP contribution in [0.15, 0.2) is 9.94 Å². The summed E-state index contributed by atoms with van der Waals surface area (Å²) in [6.07, 6.45) is 0. The minimum Gasteiger partial charge on any atom is -0.281 e. The Labute approximate surface area is 59.1 Å². The molecule has 54 valence electrons. The Kier molecular flexibility index (Phi) is 2.66. The van der Waals surface area contributed by atoms with E-state index in [1.54, 1.807) is 0 Å². The third kappa shape index (κ3) is 2.84. The zero-order chi connectivity index (χ0) is 7.65. The molecule has 5 heteroatoms. The van der Waals surface area contributed by atoms with Crippen molar-refractivity contribution in [3.05, 3.63) is 9.94 Å². The van der Waals surface area contributed by atoms with Crippen LogP contribution in [0.25, 0.3) is 0 Å². The van der Waals surface area contributed by atoms with Crippen LogP contribution in [-0.4, -0.2) is 13.0 Å². The Hall–Kier alpha value is -0.0600. The molecule has 1 N–H and O–H groups in total. The van der Waals surface area contributed by atoms with Gasteiger partial charge in [-0.3, -0.25) is 4.55 Å². The molecule has 0 aromatic carbocycles. The molecule has 3 nitrogen and oxygen atoms in total. The van der Waals surface area contributed by atoms with E-state index in [9.17, 15) is 8.42 Å². The summed E-state index contributed by atoms with van der Waals surface area (Å²) in [5.41, 5.74) is 0.374. The van der Waals surface area contributed by atoms with Crippen molar-refractivity contribution < 1.29 is 13.0 Å². The molecule has 0 amide bonds. The molecule has 0 saturated carbocycles. The molecule has 0 rings (SSSR count). The van der Waals surface area contributed by atoms with Crippen molar-refractivity contribution >= 4 is 21.7 Å². The summed E-state index contributed by atoms with van der Waals surface area (Å²) >= 11 is 5.13. The van der Waals surface area contributed by atoms with E-state index in [0.717, 1.165) is 0 Å². The minimum atomic E-state index is -4.16. The van der Waals surface area contributed by atoms with Crippen molar-refractivity contribution in [1.82, 2.24) is 0 Å². The van der Waals surface area contributed by atoms with Gasteiger partial charge in [-0.1, -0.05) is 11.6 Å². The fourth-order valence-electron chi connectivity index (χ4n) is 0.258. The molecule has 0 bridgehead atoms. The highest BCUT2D eigenvalue weighted by Gasteiger charge is 2.10. The van der Waals surface area contributed by atoms with E-state index < -0.39 is 14.5 Å². The second kappa shape index (κ2) is 2.68. The summed E-state index contributed by atoms with van der Waals surface area (Å²) in [5, 5.41) is 0. The lowest BCUT2D eigenvalue weighted by atomic mass is 10.4. The van der Waals surface area contributed by atoms with Gasteiger partial charge in [0.2, 0.25) is 0 Å². The van der Waals surface area contributed by atoms with E-state index in [4.69, 9.17) is 16.2 Å². The van der Waals surface area contributed by atoms with Gasteiger partial charge in [-0.2, -0.15) is 8.42 Å². The number of halogens is 1. The molecule has 0 aliphatic carbocycles. The van der Waals surface area contributed by atoms with E-state index in [0.29, 0.717) is 5.57 Å². The van der Waals surface area contributed by atoms with E-state index in [1.165, 1.54) is 13.8 Å². The van der Waals surface area contributed by atoms with Gasteiger partial charge in [-0.15, -0.1) is 0 Å². The van der Waals surface area contributed by atoms with Crippen LogP contribution < -0.4 is 0 Å². The van der Waals surface area contributed by atoms with Gasteiger partial charge in [-0.25, -0.2) is 0 Å². The topological polar surface area (TPSA) is 54.4 Å². The summed E-state index contributed by atoms with van der Waals surface area (Å²) in [6, 6.07) is 0. The maximum atomic E-state index is 10.1. The number of allylic oxidation sites excluding steroid dienone is 1. The second-order valence-electron chi connectivity index (χ2n) is 1.75. The quantitative estimate of drug-likeness (QED) is 0.605. The van der Waals surface area contributed by atoms with Gasteiger partial charge >= 0.3 is 10.1 Å². The first kappa shape index (κ1) is 8.94. The molecule has 0 aromatic rings. The van der Waals surface area contributed by atoms with Crippen LogP contribution in [0, 0.1) is 0 Å². The Morgan fingerprint density at radius 3 is 1.78 bits per heavy atom. The monoisotopic (exact) mass is 170 g/mol. The maximum absolute atomic E-state index is 10.1. The van der Waals surface area contributed by atoms with Crippen molar-refractivity contribution in [2.24, 2.45) is 0 Å². The van der Waals surface area contributed by atoms with Crippen LogP contribution in [-0.2, 0) is 10.1 Å². The molecule has 0 fully saturated rings. The molecule has 0 aliphatic rings. The predicted molar refractivity (Wildman–Crippen MR) is 35.8 cm³/mol. The van der Waals surface area contributed by atoms with Crippen LogP contribution >= 0.6 is 11.6 Å². The zero-order valence-electron chi connectivity index (χ0n) is 5.05. The lowest BCUT2D eigenvalue weighted by Gasteiger charge is -1.93. The molecular formula is C4H7ClO3S. The Balaban J connectivity index is 4.86. The Morgan fingerprint density at radius 2 is 1.78 bits per heavy atom. The molecule has 0 spiro atoms. The van der Waals surface area contributed by atoms with Crippen LogP contribution in [0.3, 0.4) is 0 Å². The summed E-state index contributed by atoms with van der Waals surface area (Å²) in [5.74, 6) is 0. The van der Waals surface area contributed by atoms with Crippen molar-refractivity contribution in [3.63, 3.8) is 0 Å². The molecule has 0 saturated heterocycles. The van der Waals surface area contributed by atoms with Gasteiger partial charge in [0, 0.05) is 0 Å². The average Bonchev–Trinajstić information content (AvgIpc) is 1.62. The highest BCUT2D eigenvalue weighted by molar-refractivity contribution is 7.91. The second-order valence-corrected chi connectivity index (χ2v) is 3.71. The smallest absolute Gasteiger partial charge is 0.281 e. The molecule has 9 heavy (non-hydrogen) atoms. The van der Waals surface area contributed by atoms with Crippen molar-refractivity contribution in [2.45, 2.75) is 13.8 Å². The van der Waals surface area contributed by atoms with Gasteiger partial charge < -0.3 is 0 Å². The summed E-state index contributed by atoms with van der Waals surface area (Å²) < 4.78 is 28.0. The van der Waals surface area contributed by atoms with Crippen molar-refractivity contribution in [2.75, 3.05) is 0 Å². The fraction of sp³-hybridized carbons (Fsp3) is 0.500. The van der Waals surface area contributed by atoms with E-state index in [2.05, 4.69) is 0 Å². The van der Waals surface area contributed by atoms with Crippen molar-refractivity contribution in [1.29, 1.82) is 0 Å². The van der Waals surface area contributed by atoms with Crippen molar-refractivity contribution in [3.8, 4) is 0 Å². The summed E-state index contributed by atoms with van der Waals surface area (Å²) in [7, 11) is -4.16. The van der Waals surface area contributed by atoms with Gasteiger partial charge in [0.25, 0.3) is 0 Å². The third-order valence-electron chi connectivity index (χ3n) is 0.620. The van der Waals surface area contributed by atoms with Gasteiger partial charge in [0.05, 0.1) is 0 Å². The first-order valence-electron chi connectivity index (χ1n) is 2.16. The van der Waals surface area contributed by atoms with Crippen LogP contribution in [0.1, 0.15) is 13.8 Å². The van der Waals surface area contributed by atoms with Gasteiger partial charge in [0.1, 0.15) is 0 Å². The standard InChI is InChI=1S/C4H7ClO3S/c1-3(2)4(5)9(6,7)8/h1-2H3,(H,6,7,8). The number of hydrogen-bond acceptors (Lipinski definition) is 2. The van der Waals surface area contributed by atoms with Gasteiger partial charge in [0.15, 0.2) is 4.36 Å². The molecule has 0 heterocycles. The Morgan fingerprint density at radius 1 is 1.44 bits per heavy atom. The van der Waals surface area contributed by atoms with Crippen LogP contribution in [0.4, 0.5) is 0 Å². The molecule has 0 unspecified atom stereocenters. The maximum Gasteiger partial charge on any atom is 0.305 e. The van der Waals surface area contributed by atoms with Gasteiger partial charge in [-0.05, 0) is 19.4 Å². The first-order chi connectivity index (χ1) is 3.85. The average molecular weight is 171 g/mol. The largest absolute Gasteiger partial charge is 0.305 e. The summed E-state index contributed by atoms with van der Waals surface area (Å²) in [6.45, 7) is 2.99. The number of hydrogen-bond donors (Lipinski definition) is 1. The molecule has 0 atom stereocenters. The zero-order valence-corrected chi connectivity index (χ0v) is 6.62. The van der Waals surface area contributed by atoms with Crippen LogP contribution in [0.5, 0.6) is 0 Å². The van der Waals surface area contributed by atoms with Crippen LogP contribution in [0.2, 0.25) is 0 Å². The Bertz CT molecular complexity index is 222. The first-order valence-corrected chi connectivity index (χ1v) is 3.98. The molecule has 0 aliphatic heterocycles. The summed E-state index contributed by atoms with van der Waals surface area (Å²) in [4.78, 5) is 0. The highest BCUT2D eigenvalue weighted by Crippen LogP contribution is 2.13. The third-order valence-corrected chi connectivity index (χ3v) is 2.44. The lowest BCUT2D eigenvalue weighted by Crippen LogP contribution is -1.97. The SMILES string of the molecule is CC(C)=C(Cl)S(=O)(=O)O. The van der Waals surface area contributed by atoms with E-state index >= 15 is 0 Å². The molecule has 0 radical (unpaired) electrons. The number of rotatable bonds is 1. The predicted octanol–water partition coefficient (Wildman–Crippen LogP) is 1.36. The van der Waals surface area contributed by atoms with E-state index in [1.807, 2.05) is 0 Å². The lowest BCUT2D eigenvalue weighted by molar-refractivity contribution is 0.493. The molecule has 0 aromatic heterocycles. The normalized spacial score (nSPS) is 11.1. The fourth-order valence-corrected chi connectivity index (χ4v) is 0.774. The van der Waals surface area contributed by atoms with E-state index in [-0.39, 0.29) is 0 Å². The minimum absolute atomic E-state index is 0.374. The molecular weight excluding hydrogens is 164 g/mol. The highest BCUT2D eigenvalue weighted by atomic mass is 35.5.